The van der Waals surface area contributed by atoms with Crippen molar-refractivity contribution < 1.29 is 4.79 Å². The van der Waals surface area contributed by atoms with Crippen molar-refractivity contribution in [3.8, 4) is 0 Å². The summed E-state index contributed by atoms with van der Waals surface area (Å²) in [6.45, 7) is 5.96. The van der Waals surface area contributed by atoms with Crippen LogP contribution in [0, 0.1) is 5.92 Å². The number of hydrogen-bond acceptors (Lipinski definition) is 2. The largest absolute Gasteiger partial charge is 0.342 e. The summed E-state index contributed by atoms with van der Waals surface area (Å²) in [6.07, 6.45) is 2.87. The van der Waals surface area contributed by atoms with Gasteiger partial charge in [-0.2, -0.15) is 0 Å². The van der Waals surface area contributed by atoms with E-state index in [1.807, 2.05) is 29.2 Å². The van der Waals surface area contributed by atoms with Gasteiger partial charge in [0.25, 0.3) is 0 Å². The number of hydrogen-bond donors (Lipinski definition) is 1. The van der Waals surface area contributed by atoms with Crippen LogP contribution in [0.1, 0.15) is 25.3 Å². The maximum absolute atomic E-state index is 12.4. The lowest BCUT2D eigenvalue weighted by molar-refractivity contribution is -0.131. The van der Waals surface area contributed by atoms with E-state index in [9.17, 15) is 4.79 Å². The molecule has 3 nitrogen and oxygen atoms in total. The highest BCUT2D eigenvalue weighted by atomic mass is 79.9. The van der Waals surface area contributed by atoms with Gasteiger partial charge in [0.05, 0.1) is 6.42 Å². The normalized spacial score (nSPS) is 16.1. The molecule has 0 radical (unpaired) electrons. The molecule has 1 saturated heterocycles. The fraction of sp³-hybridized carbons (Fsp3) is 0.562. The Hall–Kier alpha value is -0.870. The van der Waals surface area contributed by atoms with E-state index >= 15 is 0 Å². The molecule has 1 N–H and O–H groups in total. The first-order valence-electron chi connectivity index (χ1n) is 7.42. The third kappa shape index (κ3) is 4.60. The minimum absolute atomic E-state index is 0.244. The average Bonchev–Trinajstić information content (AvgIpc) is 2.48. The molecule has 1 heterocycles. The predicted molar refractivity (Wildman–Crippen MR) is 85.7 cm³/mol. The van der Waals surface area contributed by atoms with Gasteiger partial charge in [0.1, 0.15) is 0 Å². The first-order valence-corrected chi connectivity index (χ1v) is 8.21. The van der Waals surface area contributed by atoms with Crippen LogP contribution < -0.4 is 5.32 Å². The number of piperidine rings is 1. The highest BCUT2D eigenvalue weighted by Crippen LogP contribution is 2.15. The molecule has 1 aromatic carbocycles. The highest BCUT2D eigenvalue weighted by molar-refractivity contribution is 9.10. The number of carbonyl (C=O) groups excluding carboxylic acids is 1. The van der Waals surface area contributed by atoms with Crippen molar-refractivity contribution in [2.24, 2.45) is 5.92 Å². The molecule has 0 atom stereocenters. The van der Waals surface area contributed by atoms with Crippen LogP contribution in [0.5, 0.6) is 0 Å². The molecule has 0 bridgehead atoms. The molecule has 0 aromatic heterocycles. The first kappa shape index (κ1) is 15.5. The molecule has 1 aliphatic rings. The Kier molecular flexibility index (Phi) is 6.05. The van der Waals surface area contributed by atoms with Crippen LogP contribution >= 0.6 is 15.9 Å². The number of amides is 1. The van der Waals surface area contributed by atoms with E-state index in [2.05, 4.69) is 28.2 Å². The number of benzene rings is 1. The van der Waals surface area contributed by atoms with Crippen LogP contribution in [-0.4, -0.2) is 37.0 Å². The summed E-state index contributed by atoms with van der Waals surface area (Å²) in [6, 6.07) is 8.01. The SMILES string of the molecule is CCN(CC1CCNCC1)C(=O)Cc1ccc(Br)cc1. The van der Waals surface area contributed by atoms with Crippen LogP contribution in [0.4, 0.5) is 0 Å². The maximum atomic E-state index is 12.4. The molecule has 0 unspecified atom stereocenters. The van der Waals surface area contributed by atoms with Gasteiger partial charge < -0.3 is 10.2 Å². The van der Waals surface area contributed by atoms with E-state index in [1.165, 1.54) is 12.8 Å². The number of carbonyl (C=O) groups is 1. The number of rotatable bonds is 5. The molecule has 1 amide bonds. The maximum Gasteiger partial charge on any atom is 0.226 e. The summed E-state index contributed by atoms with van der Waals surface area (Å²) in [5, 5.41) is 3.37. The van der Waals surface area contributed by atoms with Gasteiger partial charge in [-0.1, -0.05) is 28.1 Å². The Labute approximate surface area is 129 Å². The number of halogens is 1. The lowest BCUT2D eigenvalue weighted by Gasteiger charge is -2.29. The van der Waals surface area contributed by atoms with Gasteiger partial charge in [-0.05, 0) is 56.5 Å². The minimum Gasteiger partial charge on any atom is -0.342 e. The van der Waals surface area contributed by atoms with Crippen molar-refractivity contribution in [1.29, 1.82) is 0 Å². The van der Waals surface area contributed by atoms with Crippen molar-refractivity contribution in [2.45, 2.75) is 26.2 Å². The second kappa shape index (κ2) is 7.79. The van der Waals surface area contributed by atoms with Crippen molar-refractivity contribution >= 4 is 21.8 Å². The van der Waals surface area contributed by atoms with Gasteiger partial charge in [0.15, 0.2) is 0 Å². The van der Waals surface area contributed by atoms with E-state index in [0.717, 1.165) is 36.2 Å². The zero-order valence-electron chi connectivity index (χ0n) is 12.1. The summed E-state index contributed by atoms with van der Waals surface area (Å²) in [5.41, 5.74) is 1.09. The fourth-order valence-electron chi connectivity index (χ4n) is 2.67. The Bertz CT molecular complexity index is 427. The average molecular weight is 339 g/mol. The Morgan fingerprint density at radius 1 is 1.30 bits per heavy atom. The van der Waals surface area contributed by atoms with Crippen molar-refractivity contribution in [2.75, 3.05) is 26.2 Å². The molecule has 1 aliphatic heterocycles. The van der Waals surface area contributed by atoms with Crippen molar-refractivity contribution in [1.82, 2.24) is 10.2 Å². The highest BCUT2D eigenvalue weighted by Gasteiger charge is 2.19. The van der Waals surface area contributed by atoms with E-state index in [-0.39, 0.29) is 5.91 Å². The Morgan fingerprint density at radius 3 is 2.55 bits per heavy atom. The monoisotopic (exact) mass is 338 g/mol. The molecule has 0 saturated carbocycles. The third-order valence-corrected chi connectivity index (χ3v) is 4.47. The summed E-state index contributed by atoms with van der Waals surface area (Å²) in [5.74, 6) is 0.901. The van der Waals surface area contributed by atoms with E-state index < -0.39 is 0 Å². The van der Waals surface area contributed by atoms with Gasteiger partial charge in [-0.25, -0.2) is 0 Å². The van der Waals surface area contributed by atoms with Crippen molar-refractivity contribution in [3.63, 3.8) is 0 Å². The zero-order valence-corrected chi connectivity index (χ0v) is 13.7. The van der Waals surface area contributed by atoms with E-state index in [4.69, 9.17) is 0 Å². The van der Waals surface area contributed by atoms with Crippen LogP contribution in [0.2, 0.25) is 0 Å². The second-order valence-electron chi connectivity index (χ2n) is 5.43. The number of likely N-dealkylation sites (N-methyl/N-ethyl adjacent to an activating group) is 1. The molecule has 0 spiro atoms. The van der Waals surface area contributed by atoms with Crippen LogP contribution in [0.3, 0.4) is 0 Å². The molecule has 1 aromatic rings. The van der Waals surface area contributed by atoms with Crippen LogP contribution in [0.25, 0.3) is 0 Å². The first-order chi connectivity index (χ1) is 9.69. The number of nitrogens with one attached hydrogen (secondary N) is 1. The van der Waals surface area contributed by atoms with Gasteiger partial charge in [-0.15, -0.1) is 0 Å². The van der Waals surface area contributed by atoms with Gasteiger partial charge >= 0.3 is 0 Å². The standard InChI is InChI=1S/C16H23BrN2O/c1-2-19(12-14-7-9-18-10-8-14)16(20)11-13-3-5-15(17)6-4-13/h3-6,14,18H,2,7-12H2,1H3. The lowest BCUT2D eigenvalue weighted by Crippen LogP contribution is -2.39. The van der Waals surface area contributed by atoms with Gasteiger partial charge in [-0.3, -0.25) is 4.79 Å². The summed E-state index contributed by atoms with van der Waals surface area (Å²) in [4.78, 5) is 14.4. The fourth-order valence-corrected chi connectivity index (χ4v) is 2.94. The Balaban J connectivity index is 1.89. The van der Waals surface area contributed by atoms with Crippen molar-refractivity contribution in [3.05, 3.63) is 34.3 Å². The van der Waals surface area contributed by atoms with E-state index in [1.54, 1.807) is 0 Å². The predicted octanol–water partition coefficient (Wildman–Crippen LogP) is 2.84. The summed E-state index contributed by atoms with van der Waals surface area (Å²) in [7, 11) is 0. The summed E-state index contributed by atoms with van der Waals surface area (Å²) >= 11 is 3.42. The van der Waals surface area contributed by atoms with Gasteiger partial charge in [0, 0.05) is 17.6 Å². The quantitative estimate of drug-likeness (QED) is 0.895. The minimum atomic E-state index is 0.244. The van der Waals surface area contributed by atoms with Crippen LogP contribution in [0.15, 0.2) is 28.7 Å². The molecule has 0 aliphatic carbocycles. The second-order valence-corrected chi connectivity index (χ2v) is 6.34. The molecular formula is C16H23BrN2O. The van der Waals surface area contributed by atoms with E-state index in [0.29, 0.717) is 12.3 Å². The lowest BCUT2D eigenvalue weighted by atomic mass is 9.97. The van der Waals surface area contributed by atoms with Gasteiger partial charge in [0.2, 0.25) is 5.91 Å². The van der Waals surface area contributed by atoms with Crippen LogP contribution in [-0.2, 0) is 11.2 Å². The number of nitrogens with zero attached hydrogens (tertiary/aromatic N) is 1. The summed E-state index contributed by atoms with van der Waals surface area (Å²) < 4.78 is 1.05. The molecule has 2 rings (SSSR count). The smallest absolute Gasteiger partial charge is 0.226 e. The Morgan fingerprint density at radius 2 is 1.95 bits per heavy atom. The topological polar surface area (TPSA) is 32.3 Å². The molecule has 4 heteroatoms. The molecule has 1 fully saturated rings. The third-order valence-electron chi connectivity index (χ3n) is 3.94. The molecule has 20 heavy (non-hydrogen) atoms. The molecular weight excluding hydrogens is 316 g/mol. The zero-order chi connectivity index (χ0) is 14.4. The molecule has 110 valence electrons.